The summed E-state index contributed by atoms with van der Waals surface area (Å²) in [6, 6.07) is 20.2. The normalized spacial score (nSPS) is 14.4. The highest BCUT2D eigenvalue weighted by Gasteiger charge is 2.33. The molecule has 236 valence electrons. The molecule has 1 saturated carbocycles. The average molecular weight is 622 g/mol. The van der Waals surface area contributed by atoms with Gasteiger partial charge in [0.2, 0.25) is 11.8 Å². The van der Waals surface area contributed by atoms with E-state index in [0.717, 1.165) is 47.5 Å². The summed E-state index contributed by atoms with van der Waals surface area (Å²) in [5.74, 6) is 0.0190. The molecule has 0 aromatic heterocycles. The molecular formula is C34H43N3O6S. The number of nitrogens with one attached hydrogen (secondary N) is 1. The Morgan fingerprint density at radius 1 is 0.909 bits per heavy atom. The van der Waals surface area contributed by atoms with E-state index in [1.165, 1.54) is 37.3 Å². The number of amides is 2. The molecule has 0 aliphatic heterocycles. The number of nitrogens with zero attached hydrogens (tertiary/aromatic N) is 2. The molecule has 3 aromatic carbocycles. The lowest BCUT2D eigenvalue weighted by molar-refractivity contribution is -0.139. The zero-order valence-corrected chi connectivity index (χ0v) is 26.8. The van der Waals surface area contributed by atoms with Crippen molar-refractivity contribution >= 4 is 27.5 Å². The van der Waals surface area contributed by atoms with Crippen molar-refractivity contribution in [1.29, 1.82) is 0 Å². The van der Waals surface area contributed by atoms with Crippen LogP contribution in [0.3, 0.4) is 0 Å². The molecule has 1 unspecified atom stereocenters. The number of rotatable bonds is 13. The third kappa shape index (κ3) is 8.11. The molecule has 3 aromatic rings. The first-order valence-corrected chi connectivity index (χ1v) is 16.5. The summed E-state index contributed by atoms with van der Waals surface area (Å²) >= 11 is 0. The summed E-state index contributed by atoms with van der Waals surface area (Å²) in [6.45, 7) is 3.31. The number of hydrogen-bond acceptors (Lipinski definition) is 6. The number of hydrogen-bond donors (Lipinski definition) is 1. The van der Waals surface area contributed by atoms with Crippen LogP contribution in [0.25, 0.3) is 0 Å². The van der Waals surface area contributed by atoms with Crippen LogP contribution < -0.4 is 19.1 Å². The SMILES string of the molecule is COc1ccc(N(CC(=O)N(CCc2ccccc2)C(C)C(=O)NC2CCCCC2)S(=O)(=O)c2ccc(C)cc2)cc1OC. The van der Waals surface area contributed by atoms with Crippen LogP contribution in [0.1, 0.15) is 50.2 Å². The second kappa shape index (κ2) is 15.1. The van der Waals surface area contributed by atoms with Gasteiger partial charge in [0.1, 0.15) is 12.6 Å². The maximum absolute atomic E-state index is 14.2. The summed E-state index contributed by atoms with van der Waals surface area (Å²) in [5.41, 5.74) is 2.15. The van der Waals surface area contributed by atoms with E-state index >= 15 is 0 Å². The van der Waals surface area contributed by atoms with Crippen LogP contribution in [-0.2, 0) is 26.0 Å². The lowest BCUT2D eigenvalue weighted by Gasteiger charge is -2.33. The third-order valence-corrected chi connectivity index (χ3v) is 9.93. The molecule has 1 fully saturated rings. The first kappa shape index (κ1) is 32.9. The summed E-state index contributed by atoms with van der Waals surface area (Å²) < 4.78 is 40.1. The molecule has 9 nitrogen and oxygen atoms in total. The molecule has 1 aliphatic carbocycles. The van der Waals surface area contributed by atoms with E-state index in [9.17, 15) is 18.0 Å². The smallest absolute Gasteiger partial charge is 0.264 e. The van der Waals surface area contributed by atoms with Crippen LogP contribution in [0.2, 0.25) is 0 Å². The monoisotopic (exact) mass is 621 g/mol. The van der Waals surface area contributed by atoms with E-state index in [-0.39, 0.29) is 29.1 Å². The molecule has 0 spiro atoms. The Balaban J connectivity index is 1.68. The zero-order valence-electron chi connectivity index (χ0n) is 26.0. The van der Waals surface area contributed by atoms with E-state index in [1.807, 2.05) is 37.3 Å². The second-order valence-electron chi connectivity index (χ2n) is 11.2. The highest BCUT2D eigenvalue weighted by atomic mass is 32.2. The maximum Gasteiger partial charge on any atom is 0.264 e. The van der Waals surface area contributed by atoms with Gasteiger partial charge in [-0.3, -0.25) is 13.9 Å². The Bertz CT molecular complexity index is 1510. The Labute approximate surface area is 261 Å². The number of ether oxygens (including phenoxy) is 2. The molecule has 4 rings (SSSR count). The van der Waals surface area contributed by atoms with Gasteiger partial charge in [-0.2, -0.15) is 0 Å². The number of sulfonamides is 1. The molecule has 2 amide bonds. The van der Waals surface area contributed by atoms with Crippen molar-refractivity contribution < 1.29 is 27.5 Å². The highest BCUT2D eigenvalue weighted by molar-refractivity contribution is 7.92. The fourth-order valence-electron chi connectivity index (χ4n) is 5.49. The Kier molecular flexibility index (Phi) is 11.3. The predicted molar refractivity (Wildman–Crippen MR) is 172 cm³/mol. The van der Waals surface area contributed by atoms with E-state index in [1.54, 1.807) is 31.2 Å². The van der Waals surface area contributed by atoms with Crippen molar-refractivity contribution in [2.75, 3.05) is 31.6 Å². The number of carbonyl (C=O) groups excluding carboxylic acids is 2. The first-order chi connectivity index (χ1) is 21.1. The number of methoxy groups -OCH3 is 2. The van der Waals surface area contributed by atoms with E-state index in [0.29, 0.717) is 17.9 Å². The second-order valence-corrected chi connectivity index (χ2v) is 13.1. The Hall–Kier alpha value is -4.05. The predicted octanol–water partition coefficient (Wildman–Crippen LogP) is 5.12. The number of anilines is 1. The van der Waals surface area contributed by atoms with Crippen molar-refractivity contribution in [2.24, 2.45) is 0 Å². The van der Waals surface area contributed by atoms with E-state index < -0.39 is 28.5 Å². The van der Waals surface area contributed by atoms with Crippen molar-refractivity contribution in [2.45, 2.75) is 69.4 Å². The lowest BCUT2D eigenvalue weighted by Crippen LogP contribution is -2.53. The third-order valence-electron chi connectivity index (χ3n) is 8.15. The van der Waals surface area contributed by atoms with Gasteiger partial charge in [0.25, 0.3) is 10.0 Å². The maximum atomic E-state index is 14.2. The fourth-order valence-corrected chi connectivity index (χ4v) is 6.89. The van der Waals surface area contributed by atoms with Gasteiger partial charge in [0.15, 0.2) is 11.5 Å². The molecule has 0 radical (unpaired) electrons. The molecule has 0 bridgehead atoms. The van der Waals surface area contributed by atoms with Crippen molar-refractivity contribution in [3.63, 3.8) is 0 Å². The van der Waals surface area contributed by atoms with E-state index in [2.05, 4.69) is 5.32 Å². The minimum absolute atomic E-state index is 0.0459. The molecule has 0 heterocycles. The molecule has 10 heteroatoms. The first-order valence-electron chi connectivity index (χ1n) is 15.1. The quantitative estimate of drug-likeness (QED) is 0.284. The standard InChI is InChI=1S/C34H43N3O6S/c1-25-15-18-30(19-16-25)44(40,41)37(29-17-20-31(42-3)32(23-29)43-4)24-33(38)36(22-21-27-11-7-5-8-12-27)26(2)34(39)35-28-13-9-6-10-14-28/h5,7-8,11-12,15-20,23,26,28H,6,9-10,13-14,21-22,24H2,1-4H3,(H,35,39). The highest BCUT2D eigenvalue weighted by Crippen LogP contribution is 2.34. The molecule has 0 saturated heterocycles. The minimum Gasteiger partial charge on any atom is -0.493 e. The lowest BCUT2D eigenvalue weighted by atomic mass is 9.95. The van der Waals surface area contributed by atoms with Crippen molar-refractivity contribution in [1.82, 2.24) is 10.2 Å². The molecule has 44 heavy (non-hydrogen) atoms. The van der Waals surface area contributed by atoms with Crippen molar-refractivity contribution in [3.05, 3.63) is 83.9 Å². The summed E-state index contributed by atoms with van der Waals surface area (Å²) in [7, 11) is -1.24. The zero-order chi connectivity index (χ0) is 31.7. The molecule has 1 atom stereocenters. The minimum atomic E-state index is -4.19. The number of carbonyl (C=O) groups is 2. The summed E-state index contributed by atoms with van der Waals surface area (Å²) in [4.78, 5) is 29.2. The van der Waals surface area contributed by atoms with Crippen LogP contribution >= 0.6 is 0 Å². The van der Waals surface area contributed by atoms with Crippen LogP contribution in [0.15, 0.2) is 77.7 Å². The number of benzene rings is 3. The Morgan fingerprint density at radius 2 is 1.57 bits per heavy atom. The molecule has 1 aliphatic rings. The van der Waals surface area contributed by atoms with Gasteiger partial charge in [-0.15, -0.1) is 0 Å². The van der Waals surface area contributed by atoms with Gasteiger partial charge in [-0.25, -0.2) is 8.42 Å². The van der Waals surface area contributed by atoms with Gasteiger partial charge < -0.3 is 19.7 Å². The Morgan fingerprint density at radius 3 is 2.20 bits per heavy atom. The van der Waals surface area contributed by atoms with Crippen LogP contribution in [0.4, 0.5) is 5.69 Å². The summed E-state index contributed by atoms with van der Waals surface area (Å²) in [6.07, 6.45) is 5.62. The van der Waals surface area contributed by atoms with Gasteiger partial charge in [-0.1, -0.05) is 67.3 Å². The fraction of sp³-hybridized carbons (Fsp3) is 0.412. The summed E-state index contributed by atoms with van der Waals surface area (Å²) in [5, 5.41) is 3.13. The van der Waals surface area contributed by atoms with Crippen LogP contribution in [0.5, 0.6) is 11.5 Å². The largest absolute Gasteiger partial charge is 0.493 e. The van der Waals surface area contributed by atoms with Crippen molar-refractivity contribution in [3.8, 4) is 11.5 Å². The van der Waals surface area contributed by atoms with Gasteiger partial charge >= 0.3 is 0 Å². The van der Waals surface area contributed by atoms with E-state index in [4.69, 9.17) is 9.47 Å². The molecule has 1 N–H and O–H groups in total. The van der Waals surface area contributed by atoms with Gasteiger partial charge in [0.05, 0.1) is 24.8 Å². The topological polar surface area (TPSA) is 105 Å². The van der Waals surface area contributed by atoms with Gasteiger partial charge in [-0.05, 0) is 62.9 Å². The average Bonchev–Trinajstić information content (AvgIpc) is 3.04. The van der Waals surface area contributed by atoms with Crippen LogP contribution in [0, 0.1) is 6.92 Å². The van der Waals surface area contributed by atoms with Gasteiger partial charge in [0, 0.05) is 18.7 Å². The number of aryl methyl sites for hydroxylation is 1. The van der Waals surface area contributed by atoms with Crippen LogP contribution in [-0.4, -0.2) is 64.5 Å². The molecular weight excluding hydrogens is 578 g/mol.